The Labute approximate surface area is 176 Å². The minimum absolute atomic E-state index is 0.183. The van der Waals surface area contributed by atoms with Gasteiger partial charge in [0.25, 0.3) is 0 Å². The number of benzene rings is 2. The van der Waals surface area contributed by atoms with E-state index in [0.717, 1.165) is 58.9 Å². The molecule has 4 rings (SSSR count). The van der Waals surface area contributed by atoms with Crippen LogP contribution in [-0.4, -0.2) is 28.9 Å². The molecule has 1 atom stereocenters. The zero-order valence-electron chi connectivity index (χ0n) is 16.5. The summed E-state index contributed by atoms with van der Waals surface area (Å²) < 4.78 is 0. The summed E-state index contributed by atoms with van der Waals surface area (Å²) in [6.45, 7) is 3.76. The number of carbonyl (C=O) groups is 1. The number of nitrogen functional groups attached to an aromatic ring is 1. The van der Waals surface area contributed by atoms with E-state index < -0.39 is 0 Å². The van der Waals surface area contributed by atoms with Crippen LogP contribution < -0.4 is 5.73 Å². The molecule has 1 saturated heterocycles. The van der Waals surface area contributed by atoms with Crippen molar-refractivity contribution in [2.24, 2.45) is 0 Å². The lowest BCUT2D eigenvalue weighted by molar-refractivity contribution is -0.129. The molecule has 3 aromatic rings. The topological polar surface area (TPSA) is 59.2 Å². The molecular formula is C24H25N3OS. The Bertz CT molecular complexity index is 983. The van der Waals surface area contributed by atoms with Crippen molar-refractivity contribution in [1.82, 2.24) is 9.88 Å². The number of anilines is 1. The molecule has 0 radical (unpaired) electrons. The summed E-state index contributed by atoms with van der Waals surface area (Å²) in [5, 5.41) is 0.619. The minimum Gasteiger partial charge on any atom is -0.399 e. The van der Waals surface area contributed by atoms with E-state index in [2.05, 4.69) is 13.0 Å². The zero-order valence-corrected chi connectivity index (χ0v) is 17.4. The molecule has 1 amide bonds. The third-order valence-corrected chi connectivity index (χ3v) is 6.61. The second-order valence-corrected chi connectivity index (χ2v) is 8.50. The van der Waals surface area contributed by atoms with Gasteiger partial charge >= 0.3 is 0 Å². The normalized spacial score (nSPS) is 14.7. The Morgan fingerprint density at radius 1 is 1.03 bits per heavy atom. The number of hydrogen-bond donors (Lipinski definition) is 1. The SMILES string of the molecule is Cc1cc(-c2ccc(N)cc2)cnc1SC(C(=O)N1CCCC1)c1ccccc1. The van der Waals surface area contributed by atoms with E-state index in [0.29, 0.717) is 0 Å². The summed E-state index contributed by atoms with van der Waals surface area (Å²) in [7, 11) is 0. The fourth-order valence-corrected chi connectivity index (χ4v) is 4.75. The summed E-state index contributed by atoms with van der Waals surface area (Å²) in [5.74, 6) is 0.183. The van der Waals surface area contributed by atoms with Gasteiger partial charge in [0.15, 0.2) is 0 Å². The molecule has 0 spiro atoms. The van der Waals surface area contributed by atoms with Crippen molar-refractivity contribution in [3.05, 3.63) is 78.0 Å². The highest BCUT2D eigenvalue weighted by Crippen LogP contribution is 2.38. The lowest BCUT2D eigenvalue weighted by atomic mass is 10.1. The van der Waals surface area contributed by atoms with Crippen molar-refractivity contribution in [2.45, 2.75) is 30.0 Å². The van der Waals surface area contributed by atoms with Crippen LogP contribution in [0.25, 0.3) is 11.1 Å². The van der Waals surface area contributed by atoms with Gasteiger partial charge in [-0.2, -0.15) is 0 Å². The van der Waals surface area contributed by atoms with Crippen molar-refractivity contribution in [3.8, 4) is 11.1 Å². The molecule has 1 aliphatic heterocycles. The highest BCUT2D eigenvalue weighted by Gasteiger charge is 2.29. The molecule has 29 heavy (non-hydrogen) atoms. The molecule has 0 bridgehead atoms. The number of rotatable bonds is 5. The third-order valence-electron chi connectivity index (χ3n) is 5.25. The fraction of sp³-hybridized carbons (Fsp3) is 0.250. The molecular weight excluding hydrogens is 378 g/mol. The van der Waals surface area contributed by atoms with Gasteiger partial charge in [-0.25, -0.2) is 4.98 Å². The number of thioether (sulfide) groups is 1. The lowest BCUT2D eigenvalue weighted by Gasteiger charge is -2.23. The number of carbonyl (C=O) groups excluding carboxylic acids is 1. The molecule has 2 N–H and O–H groups in total. The standard InChI is InChI=1S/C24H25N3OS/c1-17-15-20(18-9-11-21(25)12-10-18)16-26-23(17)29-22(19-7-3-2-4-8-19)24(28)27-13-5-6-14-27/h2-4,7-12,15-16,22H,5-6,13-14,25H2,1H3. The Kier molecular flexibility index (Phi) is 5.86. The van der Waals surface area contributed by atoms with Gasteiger partial charge in [0.2, 0.25) is 5.91 Å². The van der Waals surface area contributed by atoms with E-state index in [-0.39, 0.29) is 11.2 Å². The molecule has 4 nitrogen and oxygen atoms in total. The van der Waals surface area contributed by atoms with Crippen LogP contribution in [0.15, 0.2) is 71.9 Å². The van der Waals surface area contributed by atoms with Crippen LogP contribution in [0.4, 0.5) is 5.69 Å². The number of pyridine rings is 1. The fourth-order valence-electron chi connectivity index (χ4n) is 3.62. The summed E-state index contributed by atoms with van der Waals surface area (Å²) in [4.78, 5) is 19.9. The van der Waals surface area contributed by atoms with Crippen LogP contribution in [0.2, 0.25) is 0 Å². The molecule has 0 saturated carbocycles. The number of hydrogen-bond acceptors (Lipinski definition) is 4. The maximum absolute atomic E-state index is 13.2. The first-order valence-electron chi connectivity index (χ1n) is 9.95. The van der Waals surface area contributed by atoms with Gasteiger partial charge in [0.05, 0.1) is 5.03 Å². The lowest BCUT2D eigenvalue weighted by Crippen LogP contribution is -2.31. The number of aryl methyl sites for hydroxylation is 1. The van der Waals surface area contributed by atoms with E-state index in [1.807, 2.05) is 65.7 Å². The molecule has 1 fully saturated rings. The van der Waals surface area contributed by atoms with E-state index in [9.17, 15) is 4.79 Å². The van der Waals surface area contributed by atoms with Gasteiger partial charge < -0.3 is 10.6 Å². The maximum Gasteiger partial charge on any atom is 0.240 e. The number of aromatic nitrogens is 1. The van der Waals surface area contributed by atoms with Crippen molar-refractivity contribution < 1.29 is 4.79 Å². The van der Waals surface area contributed by atoms with E-state index in [4.69, 9.17) is 10.7 Å². The largest absolute Gasteiger partial charge is 0.399 e. The number of nitrogens with zero attached hydrogens (tertiary/aromatic N) is 2. The molecule has 2 heterocycles. The van der Waals surface area contributed by atoms with Crippen LogP contribution in [0.5, 0.6) is 0 Å². The Hall–Kier alpha value is -2.79. The Morgan fingerprint density at radius 2 is 1.72 bits per heavy atom. The second kappa shape index (κ2) is 8.70. The summed E-state index contributed by atoms with van der Waals surface area (Å²) in [6.07, 6.45) is 4.06. The summed E-state index contributed by atoms with van der Waals surface area (Å²) in [5.41, 5.74) is 10.8. The van der Waals surface area contributed by atoms with Crippen LogP contribution >= 0.6 is 11.8 Å². The smallest absolute Gasteiger partial charge is 0.240 e. The Morgan fingerprint density at radius 3 is 2.38 bits per heavy atom. The predicted octanol–water partition coefficient (Wildman–Crippen LogP) is 5.10. The van der Waals surface area contributed by atoms with Gasteiger partial charge in [-0.3, -0.25) is 4.79 Å². The van der Waals surface area contributed by atoms with Crippen LogP contribution in [0.1, 0.15) is 29.2 Å². The third kappa shape index (κ3) is 4.46. The van der Waals surface area contributed by atoms with E-state index >= 15 is 0 Å². The molecule has 5 heteroatoms. The Balaban J connectivity index is 1.61. The first kappa shape index (κ1) is 19.5. The molecule has 0 aliphatic carbocycles. The van der Waals surface area contributed by atoms with Crippen LogP contribution in [0.3, 0.4) is 0 Å². The van der Waals surface area contributed by atoms with Crippen LogP contribution in [-0.2, 0) is 4.79 Å². The van der Waals surface area contributed by atoms with E-state index in [1.165, 1.54) is 0 Å². The van der Waals surface area contributed by atoms with Gasteiger partial charge in [-0.05, 0) is 54.7 Å². The highest BCUT2D eigenvalue weighted by molar-refractivity contribution is 8.00. The number of amides is 1. The predicted molar refractivity (Wildman–Crippen MR) is 120 cm³/mol. The molecule has 1 aliphatic rings. The maximum atomic E-state index is 13.2. The summed E-state index contributed by atoms with van der Waals surface area (Å²) in [6, 6.07) is 20.0. The first-order chi connectivity index (χ1) is 14.1. The number of nitrogens with two attached hydrogens (primary N) is 1. The van der Waals surface area contributed by atoms with Crippen molar-refractivity contribution in [1.29, 1.82) is 0 Å². The average Bonchev–Trinajstić information content (AvgIpc) is 3.28. The van der Waals surface area contributed by atoms with Crippen molar-refractivity contribution in [3.63, 3.8) is 0 Å². The quantitative estimate of drug-likeness (QED) is 0.476. The molecule has 148 valence electrons. The van der Waals surface area contributed by atoms with E-state index in [1.54, 1.807) is 11.8 Å². The van der Waals surface area contributed by atoms with Gasteiger partial charge in [-0.15, -0.1) is 0 Å². The van der Waals surface area contributed by atoms with Gasteiger partial charge in [0, 0.05) is 30.5 Å². The first-order valence-corrected chi connectivity index (χ1v) is 10.8. The number of likely N-dealkylation sites (tertiary alicyclic amines) is 1. The van der Waals surface area contributed by atoms with Crippen molar-refractivity contribution in [2.75, 3.05) is 18.8 Å². The summed E-state index contributed by atoms with van der Waals surface area (Å²) >= 11 is 1.55. The molecule has 1 aromatic heterocycles. The van der Waals surface area contributed by atoms with Crippen LogP contribution in [0, 0.1) is 6.92 Å². The monoisotopic (exact) mass is 403 g/mol. The zero-order chi connectivity index (χ0) is 20.2. The minimum atomic E-state index is -0.275. The van der Waals surface area contributed by atoms with Gasteiger partial charge in [-0.1, -0.05) is 54.2 Å². The highest BCUT2D eigenvalue weighted by atomic mass is 32.2. The van der Waals surface area contributed by atoms with Crippen molar-refractivity contribution >= 4 is 23.4 Å². The average molecular weight is 404 g/mol. The van der Waals surface area contributed by atoms with Gasteiger partial charge in [0.1, 0.15) is 5.25 Å². The molecule has 2 aromatic carbocycles. The molecule has 1 unspecified atom stereocenters. The second-order valence-electron chi connectivity index (χ2n) is 7.41.